The summed E-state index contributed by atoms with van der Waals surface area (Å²) in [7, 11) is 0. The first kappa shape index (κ1) is 11.4. The van der Waals surface area contributed by atoms with Crippen LogP contribution in [0.4, 0.5) is 0 Å². The number of pyridine rings is 1. The van der Waals surface area contributed by atoms with E-state index in [1.54, 1.807) is 19.2 Å². The van der Waals surface area contributed by atoms with Gasteiger partial charge in [0.15, 0.2) is 0 Å². The number of aromatic nitrogens is 1. The Morgan fingerprint density at radius 1 is 1.50 bits per heavy atom. The van der Waals surface area contributed by atoms with E-state index in [4.69, 9.17) is 11.6 Å². The fourth-order valence-corrected chi connectivity index (χ4v) is 2.35. The average molecular weight is 239 g/mol. The van der Waals surface area contributed by atoms with Crippen molar-refractivity contribution in [3.8, 4) is 0 Å². The minimum Gasteiger partial charge on any atom is -0.336 e. The number of piperidine rings is 1. The fourth-order valence-electron chi connectivity index (χ4n) is 2.24. The summed E-state index contributed by atoms with van der Waals surface area (Å²) in [5, 5.41) is 0.494. The van der Waals surface area contributed by atoms with Crippen molar-refractivity contribution < 1.29 is 4.79 Å². The molecule has 1 aliphatic rings. The molecule has 1 aliphatic heterocycles. The Balaban J connectivity index is 2.23. The van der Waals surface area contributed by atoms with E-state index in [1.165, 1.54) is 0 Å². The van der Waals surface area contributed by atoms with Gasteiger partial charge >= 0.3 is 0 Å². The lowest BCUT2D eigenvalue weighted by Gasteiger charge is -2.35. The molecule has 0 unspecified atom stereocenters. The maximum Gasteiger partial charge on any atom is 0.219 e. The van der Waals surface area contributed by atoms with Crippen molar-refractivity contribution in [1.29, 1.82) is 0 Å². The van der Waals surface area contributed by atoms with Gasteiger partial charge in [-0.15, -0.1) is 0 Å². The van der Waals surface area contributed by atoms with E-state index in [1.807, 2.05) is 11.0 Å². The molecule has 1 saturated heterocycles. The van der Waals surface area contributed by atoms with E-state index in [9.17, 15) is 4.79 Å². The summed E-state index contributed by atoms with van der Waals surface area (Å²) in [5.74, 6) is 0.139. The van der Waals surface area contributed by atoms with E-state index < -0.39 is 0 Å². The van der Waals surface area contributed by atoms with Gasteiger partial charge in [0.05, 0.1) is 6.04 Å². The molecule has 1 aromatic rings. The molecule has 0 bridgehead atoms. The number of nitrogens with zero attached hydrogens (tertiary/aromatic N) is 2. The van der Waals surface area contributed by atoms with Gasteiger partial charge in [-0.05, 0) is 30.9 Å². The van der Waals surface area contributed by atoms with Crippen LogP contribution < -0.4 is 0 Å². The summed E-state index contributed by atoms with van der Waals surface area (Å²) < 4.78 is 0. The highest BCUT2D eigenvalue weighted by molar-refractivity contribution is 6.29. The molecule has 0 aliphatic carbocycles. The topological polar surface area (TPSA) is 33.2 Å². The van der Waals surface area contributed by atoms with E-state index in [2.05, 4.69) is 4.98 Å². The lowest BCUT2D eigenvalue weighted by Crippen LogP contribution is -2.36. The van der Waals surface area contributed by atoms with Crippen LogP contribution in [-0.2, 0) is 4.79 Å². The number of hydrogen-bond donors (Lipinski definition) is 0. The molecule has 1 aromatic heterocycles. The molecule has 86 valence electrons. The Labute approximate surface area is 100 Å². The Bertz CT molecular complexity index is 377. The molecule has 1 atom stereocenters. The molecule has 0 saturated carbocycles. The van der Waals surface area contributed by atoms with Gasteiger partial charge in [-0.3, -0.25) is 4.79 Å². The summed E-state index contributed by atoms with van der Waals surface area (Å²) in [4.78, 5) is 17.5. The molecule has 3 nitrogen and oxygen atoms in total. The van der Waals surface area contributed by atoms with Gasteiger partial charge in [0.1, 0.15) is 5.15 Å². The Hall–Kier alpha value is -1.09. The zero-order valence-corrected chi connectivity index (χ0v) is 10.1. The first-order chi connectivity index (χ1) is 7.68. The Morgan fingerprint density at radius 2 is 2.31 bits per heavy atom. The zero-order chi connectivity index (χ0) is 11.5. The molecule has 16 heavy (non-hydrogen) atoms. The molecule has 1 fully saturated rings. The van der Waals surface area contributed by atoms with Gasteiger partial charge in [0.2, 0.25) is 5.91 Å². The van der Waals surface area contributed by atoms with Crippen molar-refractivity contribution >= 4 is 17.5 Å². The number of hydrogen-bond acceptors (Lipinski definition) is 2. The number of carbonyl (C=O) groups is 1. The molecule has 0 spiro atoms. The maximum atomic E-state index is 11.5. The SMILES string of the molecule is CC(=O)N1CCCC[C@H]1c1ccc(Cl)nc1. The molecular formula is C12H15ClN2O. The van der Waals surface area contributed by atoms with Crippen molar-refractivity contribution in [3.05, 3.63) is 29.0 Å². The Morgan fingerprint density at radius 3 is 2.94 bits per heavy atom. The van der Waals surface area contributed by atoms with Crippen molar-refractivity contribution in [2.45, 2.75) is 32.2 Å². The van der Waals surface area contributed by atoms with E-state index in [0.717, 1.165) is 31.4 Å². The predicted octanol–water partition coefficient (Wildman–Crippen LogP) is 2.81. The van der Waals surface area contributed by atoms with Gasteiger partial charge < -0.3 is 4.90 Å². The highest BCUT2D eigenvalue weighted by atomic mass is 35.5. The molecular weight excluding hydrogens is 224 g/mol. The third-order valence-corrected chi connectivity index (χ3v) is 3.27. The molecule has 0 aromatic carbocycles. The first-order valence-corrected chi connectivity index (χ1v) is 5.95. The monoisotopic (exact) mass is 238 g/mol. The summed E-state index contributed by atoms with van der Waals surface area (Å²) in [6, 6.07) is 3.92. The smallest absolute Gasteiger partial charge is 0.219 e. The summed E-state index contributed by atoms with van der Waals surface area (Å²) in [5.41, 5.74) is 1.08. The third kappa shape index (κ3) is 2.35. The van der Waals surface area contributed by atoms with Crippen LogP contribution in [0.5, 0.6) is 0 Å². The number of carbonyl (C=O) groups excluding carboxylic acids is 1. The lowest BCUT2D eigenvalue weighted by atomic mass is 9.96. The normalized spacial score (nSPS) is 20.9. The van der Waals surface area contributed by atoms with Crippen molar-refractivity contribution in [2.24, 2.45) is 0 Å². The molecule has 4 heteroatoms. The van der Waals surface area contributed by atoms with Crippen LogP contribution in [0.1, 0.15) is 37.8 Å². The highest BCUT2D eigenvalue weighted by Gasteiger charge is 2.25. The average Bonchev–Trinajstić information content (AvgIpc) is 2.30. The standard InChI is InChI=1S/C12H15ClN2O/c1-9(16)15-7-3-2-4-11(15)10-5-6-12(13)14-8-10/h5-6,8,11H,2-4,7H2,1H3/t11-/m0/s1. The number of rotatable bonds is 1. The van der Waals surface area contributed by atoms with Crippen molar-refractivity contribution in [1.82, 2.24) is 9.88 Å². The summed E-state index contributed by atoms with van der Waals surface area (Å²) in [6.45, 7) is 2.48. The lowest BCUT2D eigenvalue weighted by molar-refractivity contribution is -0.132. The number of amides is 1. The second kappa shape index (κ2) is 4.83. The van der Waals surface area contributed by atoms with Crippen LogP contribution >= 0.6 is 11.6 Å². The first-order valence-electron chi connectivity index (χ1n) is 5.57. The van der Waals surface area contributed by atoms with Gasteiger partial charge in [-0.1, -0.05) is 17.7 Å². The molecule has 0 N–H and O–H groups in total. The number of halogens is 1. The number of likely N-dealkylation sites (tertiary alicyclic amines) is 1. The quantitative estimate of drug-likeness (QED) is 0.705. The van der Waals surface area contributed by atoms with Crippen molar-refractivity contribution in [2.75, 3.05) is 6.54 Å². The van der Waals surface area contributed by atoms with Gasteiger partial charge in [-0.2, -0.15) is 0 Å². The van der Waals surface area contributed by atoms with E-state index in [0.29, 0.717) is 5.15 Å². The second-order valence-corrected chi connectivity index (χ2v) is 4.53. The third-order valence-electron chi connectivity index (χ3n) is 3.04. The fraction of sp³-hybridized carbons (Fsp3) is 0.500. The van der Waals surface area contributed by atoms with Gasteiger partial charge in [-0.25, -0.2) is 4.98 Å². The molecule has 1 amide bonds. The van der Waals surface area contributed by atoms with E-state index >= 15 is 0 Å². The van der Waals surface area contributed by atoms with Gasteiger partial charge in [0, 0.05) is 19.7 Å². The van der Waals surface area contributed by atoms with E-state index in [-0.39, 0.29) is 11.9 Å². The molecule has 2 rings (SSSR count). The largest absolute Gasteiger partial charge is 0.336 e. The second-order valence-electron chi connectivity index (χ2n) is 4.14. The summed E-state index contributed by atoms with van der Waals surface area (Å²) in [6.07, 6.45) is 5.05. The predicted molar refractivity (Wildman–Crippen MR) is 63.2 cm³/mol. The molecule has 2 heterocycles. The zero-order valence-electron chi connectivity index (χ0n) is 9.32. The van der Waals surface area contributed by atoms with Crippen LogP contribution in [0.2, 0.25) is 5.15 Å². The van der Waals surface area contributed by atoms with Crippen molar-refractivity contribution in [3.63, 3.8) is 0 Å². The minimum absolute atomic E-state index is 0.139. The highest BCUT2D eigenvalue weighted by Crippen LogP contribution is 2.30. The Kier molecular flexibility index (Phi) is 3.44. The van der Waals surface area contributed by atoms with Crippen LogP contribution in [0, 0.1) is 0 Å². The molecule has 0 radical (unpaired) electrons. The van der Waals surface area contributed by atoms with Gasteiger partial charge in [0.25, 0.3) is 0 Å². The van der Waals surface area contributed by atoms with Crippen LogP contribution in [0.25, 0.3) is 0 Å². The van der Waals surface area contributed by atoms with Crippen LogP contribution in [0.3, 0.4) is 0 Å². The van der Waals surface area contributed by atoms with Crippen LogP contribution in [-0.4, -0.2) is 22.3 Å². The summed E-state index contributed by atoms with van der Waals surface area (Å²) >= 11 is 5.76. The maximum absolute atomic E-state index is 11.5. The minimum atomic E-state index is 0.139. The van der Waals surface area contributed by atoms with Crippen LogP contribution in [0.15, 0.2) is 18.3 Å².